The van der Waals surface area contributed by atoms with Crippen LogP contribution in [0.1, 0.15) is 43.0 Å². The maximum absolute atomic E-state index is 4.51. The van der Waals surface area contributed by atoms with Gasteiger partial charge in [0.25, 0.3) is 0 Å². The van der Waals surface area contributed by atoms with Crippen LogP contribution in [0.5, 0.6) is 0 Å². The van der Waals surface area contributed by atoms with Gasteiger partial charge in [0.15, 0.2) is 0 Å². The number of likely N-dealkylation sites (tertiary alicyclic amines) is 1. The molecule has 21 heavy (non-hydrogen) atoms. The van der Waals surface area contributed by atoms with Crippen molar-refractivity contribution in [1.29, 1.82) is 0 Å². The van der Waals surface area contributed by atoms with Crippen molar-refractivity contribution < 1.29 is 0 Å². The van der Waals surface area contributed by atoms with Crippen molar-refractivity contribution in [2.75, 3.05) is 6.54 Å². The quantitative estimate of drug-likeness (QED) is 0.866. The second-order valence-corrected chi connectivity index (χ2v) is 5.88. The average Bonchev–Trinajstić information content (AvgIpc) is 3.06. The van der Waals surface area contributed by atoms with E-state index in [-0.39, 0.29) is 0 Å². The summed E-state index contributed by atoms with van der Waals surface area (Å²) >= 11 is 0. The molecule has 0 amide bonds. The zero-order valence-electron chi connectivity index (χ0n) is 13.0. The van der Waals surface area contributed by atoms with E-state index in [0.717, 1.165) is 24.7 Å². The predicted molar refractivity (Wildman–Crippen MR) is 81.9 cm³/mol. The van der Waals surface area contributed by atoms with Gasteiger partial charge >= 0.3 is 0 Å². The Balaban J connectivity index is 1.75. The van der Waals surface area contributed by atoms with Gasteiger partial charge in [-0.25, -0.2) is 9.67 Å². The summed E-state index contributed by atoms with van der Waals surface area (Å²) < 4.78 is 2.05. The molecule has 1 aliphatic heterocycles. The molecule has 5 heteroatoms. The molecule has 1 saturated heterocycles. The fourth-order valence-electron chi connectivity index (χ4n) is 3.31. The number of pyridine rings is 1. The highest BCUT2D eigenvalue weighted by molar-refractivity contribution is 5.14. The van der Waals surface area contributed by atoms with Crippen molar-refractivity contribution in [2.24, 2.45) is 0 Å². The molecular formula is C16H23N5. The highest BCUT2D eigenvalue weighted by Crippen LogP contribution is 2.29. The third-order valence-electron chi connectivity index (χ3n) is 4.43. The Hall–Kier alpha value is -1.75. The Morgan fingerprint density at radius 1 is 1.38 bits per heavy atom. The van der Waals surface area contributed by atoms with E-state index < -0.39 is 0 Å². The van der Waals surface area contributed by atoms with E-state index in [2.05, 4.69) is 33.0 Å². The maximum Gasteiger partial charge on any atom is 0.147 e. The van der Waals surface area contributed by atoms with Gasteiger partial charge in [0.05, 0.1) is 6.54 Å². The summed E-state index contributed by atoms with van der Waals surface area (Å²) in [6, 6.07) is 5.11. The number of aryl methyl sites for hydroxylation is 2. The molecule has 2 unspecified atom stereocenters. The number of hydrogen-bond acceptors (Lipinski definition) is 4. The van der Waals surface area contributed by atoms with Gasteiger partial charge < -0.3 is 0 Å². The summed E-state index contributed by atoms with van der Waals surface area (Å²) in [4.78, 5) is 11.2. The van der Waals surface area contributed by atoms with Crippen LogP contribution >= 0.6 is 0 Å². The minimum absolute atomic E-state index is 0.399. The van der Waals surface area contributed by atoms with Crippen LogP contribution in [0.3, 0.4) is 0 Å². The van der Waals surface area contributed by atoms with Crippen LogP contribution in [0.25, 0.3) is 0 Å². The molecule has 0 saturated carbocycles. The normalized spacial score (nSPS) is 20.8. The summed E-state index contributed by atoms with van der Waals surface area (Å²) in [6.45, 7) is 8.33. The first-order chi connectivity index (χ1) is 10.1. The predicted octanol–water partition coefficient (Wildman–Crippen LogP) is 2.52. The Labute approximate surface area is 126 Å². The molecule has 112 valence electrons. The summed E-state index contributed by atoms with van der Waals surface area (Å²) in [6.07, 6.45) is 6.29. The van der Waals surface area contributed by atoms with Crippen molar-refractivity contribution in [1.82, 2.24) is 24.6 Å². The monoisotopic (exact) mass is 285 g/mol. The van der Waals surface area contributed by atoms with Crippen LogP contribution in [-0.4, -0.2) is 37.2 Å². The minimum Gasteiger partial charge on any atom is -0.292 e. The summed E-state index contributed by atoms with van der Waals surface area (Å²) in [7, 11) is 0. The van der Waals surface area contributed by atoms with Crippen molar-refractivity contribution in [2.45, 2.75) is 52.2 Å². The zero-order chi connectivity index (χ0) is 14.8. The Kier molecular flexibility index (Phi) is 4.01. The van der Waals surface area contributed by atoms with Crippen LogP contribution in [0, 0.1) is 13.8 Å². The average molecular weight is 285 g/mol. The van der Waals surface area contributed by atoms with Gasteiger partial charge in [-0.1, -0.05) is 6.07 Å². The SMILES string of the molecule is Cc1nc(C)n(CC2CCCN2C(C)c2cccnc2)n1. The molecule has 0 radical (unpaired) electrons. The largest absolute Gasteiger partial charge is 0.292 e. The standard InChI is InChI=1S/C16H23N5/c1-12(15-6-4-8-17-10-15)20-9-5-7-16(20)11-21-14(3)18-13(2)19-21/h4,6,8,10,12,16H,5,7,9,11H2,1-3H3. The van der Waals surface area contributed by atoms with Crippen LogP contribution in [0.2, 0.25) is 0 Å². The van der Waals surface area contributed by atoms with E-state index >= 15 is 0 Å². The molecule has 0 spiro atoms. The maximum atomic E-state index is 4.51. The zero-order valence-corrected chi connectivity index (χ0v) is 13.0. The molecule has 0 N–H and O–H groups in total. The smallest absolute Gasteiger partial charge is 0.147 e. The first kappa shape index (κ1) is 14.2. The van der Waals surface area contributed by atoms with E-state index in [9.17, 15) is 0 Å². The van der Waals surface area contributed by atoms with Crippen LogP contribution in [0.15, 0.2) is 24.5 Å². The molecular weight excluding hydrogens is 262 g/mol. The molecule has 2 atom stereocenters. The van der Waals surface area contributed by atoms with Gasteiger partial charge in [-0.2, -0.15) is 5.10 Å². The van der Waals surface area contributed by atoms with Crippen LogP contribution < -0.4 is 0 Å². The molecule has 2 aromatic rings. The lowest BCUT2D eigenvalue weighted by molar-refractivity contribution is 0.172. The summed E-state index contributed by atoms with van der Waals surface area (Å²) in [5, 5.41) is 4.51. The second kappa shape index (κ2) is 5.93. The molecule has 5 nitrogen and oxygen atoms in total. The molecule has 0 aromatic carbocycles. The van der Waals surface area contributed by atoms with Gasteiger partial charge in [-0.3, -0.25) is 9.88 Å². The first-order valence-electron chi connectivity index (χ1n) is 7.69. The fraction of sp³-hybridized carbons (Fsp3) is 0.562. The van der Waals surface area contributed by atoms with E-state index in [1.165, 1.54) is 18.4 Å². The second-order valence-electron chi connectivity index (χ2n) is 5.88. The fourth-order valence-corrected chi connectivity index (χ4v) is 3.31. The highest BCUT2D eigenvalue weighted by Gasteiger charge is 2.30. The van der Waals surface area contributed by atoms with Crippen molar-refractivity contribution >= 4 is 0 Å². The molecule has 2 aromatic heterocycles. The van der Waals surface area contributed by atoms with Crippen molar-refractivity contribution in [3.63, 3.8) is 0 Å². The molecule has 0 bridgehead atoms. The number of hydrogen-bond donors (Lipinski definition) is 0. The summed E-state index contributed by atoms with van der Waals surface area (Å²) in [5.41, 5.74) is 1.29. The number of nitrogens with zero attached hydrogens (tertiary/aromatic N) is 5. The lowest BCUT2D eigenvalue weighted by Crippen LogP contribution is -2.35. The number of rotatable bonds is 4. The molecule has 1 aliphatic rings. The lowest BCUT2D eigenvalue weighted by Gasteiger charge is -2.30. The van der Waals surface area contributed by atoms with Crippen LogP contribution in [0.4, 0.5) is 0 Å². The summed E-state index contributed by atoms with van der Waals surface area (Å²) in [5.74, 6) is 1.87. The van der Waals surface area contributed by atoms with Gasteiger partial charge in [-0.05, 0) is 51.8 Å². The molecule has 3 heterocycles. The third-order valence-corrected chi connectivity index (χ3v) is 4.43. The van der Waals surface area contributed by atoms with Crippen molar-refractivity contribution in [3.8, 4) is 0 Å². The van der Waals surface area contributed by atoms with E-state index in [4.69, 9.17) is 0 Å². The minimum atomic E-state index is 0.399. The van der Waals surface area contributed by atoms with Gasteiger partial charge in [0, 0.05) is 24.5 Å². The molecule has 1 fully saturated rings. The third kappa shape index (κ3) is 2.97. The van der Waals surface area contributed by atoms with E-state index in [0.29, 0.717) is 12.1 Å². The first-order valence-corrected chi connectivity index (χ1v) is 7.69. The lowest BCUT2D eigenvalue weighted by atomic mass is 10.1. The molecule has 3 rings (SSSR count). The Morgan fingerprint density at radius 3 is 2.90 bits per heavy atom. The van der Waals surface area contributed by atoms with Crippen molar-refractivity contribution in [3.05, 3.63) is 41.7 Å². The molecule has 0 aliphatic carbocycles. The highest BCUT2D eigenvalue weighted by atomic mass is 15.4. The Bertz CT molecular complexity index is 592. The van der Waals surface area contributed by atoms with Gasteiger partial charge in [0.2, 0.25) is 0 Å². The van der Waals surface area contributed by atoms with E-state index in [1.54, 1.807) is 0 Å². The van der Waals surface area contributed by atoms with E-state index in [1.807, 2.05) is 37.0 Å². The Morgan fingerprint density at radius 2 is 2.24 bits per heavy atom. The van der Waals surface area contributed by atoms with Gasteiger partial charge in [0.1, 0.15) is 11.6 Å². The van der Waals surface area contributed by atoms with Crippen LogP contribution in [-0.2, 0) is 6.54 Å². The number of aromatic nitrogens is 4. The topological polar surface area (TPSA) is 46.8 Å². The van der Waals surface area contributed by atoms with Gasteiger partial charge in [-0.15, -0.1) is 0 Å².